The maximum atomic E-state index is 13.2. The van der Waals surface area contributed by atoms with Crippen LogP contribution in [0.2, 0.25) is 0 Å². The lowest BCUT2D eigenvalue weighted by atomic mass is 9.84. The second-order valence-corrected chi connectivity index (χ2v) is 5.24. The fourth-order valence-corrected chi connectivity index (χ4v) is 2.34. The Kier molecular flexibility index (Phi) is 4.64. The lowest BCUT2D eigenvalue weighted by Gasteiger charge is -2.35. The lowest BCUT2D eigenvalue weighted by Crippen LogP contribution is -2.54. The highest BCUT2D eigenvalue weighted by molar-refractivity contribution is 5.84. The van der Waals surface area contributed by atoms with Crippen LogP contribution >= 0.6 is 0 Å². The minimum Gasteiger partial charge on any atom is -0.342 e. The van der Waals surface area contributed by atoms with E-state index < -0.39 is 17.5 Å². The zero-order valence-corrected chi connectivity index (χ0v) is 11.1. The summed E-state index contributed by atoms with van der Waals surface area (Å²) in [5.74, 6) is -0.621. The van der Waals surface area contributed by atoms with Crippen LogP contribution in [0.1, 0.15) is 27.2 Å². The second-order valence-electron chi connectivity index (χ2n) is 5.24. The van der Waals surface area contributed by atoms with E-state index in [1.165, 1.54) is 4.90 Å². The third kappa shape index (κ3) is 2.79. The van der Waals surface area contributed by atoms with Gasteiger partial charge >= 0.3 is 6.18 Å². The van der Waals surface area contributed by atoms with Crippen LogP contribution in [0.25, 0.3) is 0 Å². The van der Waals surface area contributed by atoms with E-state index in [0.29, 0.717) is 13.1 Å². The van der Waals surface area contributed by atoms with E-state index in [9.17, 15) is 18.0 Å². The van der Waals surface area contributed by atoms with Crippen LogP contribution in [-0.4, -0.2) is 43.2 Å². The van der Waals surface area contributed by atoms with Crippen molar-refractivity contribution in [3.63, 3.8) is 0 Å². The molecule has 1 saturated heterocycles. The largest absolute Gasteiger partial charge is 0.404 e. The van der Waals surface area contributed by atoms with E-state index in [2.05, 4.69) is 5.32 Å². The van der Waals surface area contributed by atoms with Crippen LogP contribution in [0, 0.1) is 11.3 Å². The number of alkyl halides is 3. The molecule has 0 spiro atoms. The number of hydrogen-bond donors (Lipinski definition) is 1. The van der Waals surface area contributed by atoms with Crippen molar-refractivity contribution in [2.75, 3.05) is 26.2 Å². The first-order chi connectivity index (χ1) is 8.24. The Bertz CT molecular complexity index is 296. The smallest absolute Gasteiger partial charge is 0.342 e. The van der Waals surface area contributed by atoms with Crippen molar-refractivity contribution in [3.05, 3.63) is 0 Å². The topological polar surface area (TPSA) is 32.3 Å². The van der Waals surface area contributed by atoms with E-state index in [1.807, 2.05) is 13.8 Å². The summed E-state index contributed by atoms with van der Waals surface area (Å²) < 4.78 is 39.6. The Labute approximate surface area is 106 Å². The quantitative estimate of drug-likeness (QED) is 0.844. The molecule has 106 valence electrons. The van der Waals surface area contributed by atoms with Crippen molar-refractivity contribution in [1.29, 1.82) is 0 Å². The molecule has 1 amide bonds. The van der Waals surface area contributed by atoms with E-state index >= 15 is 0 Å². The van der Waals surface area contributed by atoms with Gasteiger partial charge in [-0.1, -0.05) is 13.8 Å². The third-order valence-corrected chi connectivity index (χ3v) is 3.36. The van der Waals surface area contributed by atoms with Gasteiger partial charge in [-0.3, -0.25) is 4.79 Å². The summed E-state index contributed by atoms with van der Waals surface area (Å²) in [6.45, 7) is 6.12. The molecule has 1 aliphatic heterocycles. The molecular formula is C12H21F3N2O. The van der Waals surface area contributed by atoms with E-state index in [0.717, 1.165) is 0 Å². The van der Waals surface area contributed by atoms with Crippen LogP contribution in [0.4, 0.5) is 13.2 Å². The molecule has 0 aromatic heterocycles. The maximum Gasteiger partial charge on any atom is 0.404 e. The van der Waals surface area contributed by atoms with Gasteiger partial charge < -0.3 is 10.2 Å². The minimum absolute atomic E-state index is 0.161. The van der Waals surface area contributed by atoms with Gasteiger partial charge in [0.1, 0.15) is 0 Å². The minimum atomic E-state index is -4.49. The van der Waals surface area contributed by atoms with Gasteiger partial charge in [0.05, 0.1) is 0 Å². The Balaban J connectivity index is 2.96. The number of nitrogens with zero attached hydrogens (tertiary/aromatic N) is 1. The second kappa shape index (κ2) is 5.47. The van der Waals surface area contributed by atoms with Gasteiger partial charge in [-0.2, -0.15) is 13.2 Å². The van der Waals surface area contributed by atoms with Crippen LogP contribution < -0.4 is 5.32 Å². The van der Waals surface area contributed by atoms with Gasteiger partial charge in [-0.05, 0) is 25.8 Å². The van der Waals surface area contributed by atoms with Gasteiger partial charge in [0.25, 0.3) is 0 Å². The maximum absolute atomic E-state index is 13.2. The molecule has 1 atom stereocenters. The number of rotatable bonds is 4. The highest BCUT2D eigenvalue weighted by Crippen LogP contribution is 2.44. The van der Waals surface area contributed by atoms with Crippen LogP contribution in [0.15, 0.2) is 0 Å². The summed E-state index contributed by atoms with van der Waals surface area (Å²) in [4.78, 5) is 13.6. The molecule has 0 saturated carbocycles. The molecule has 1 rings (SSSR count). The predicted octanol–water partition coefficient (Wildman–Crippen LogP) is 2.03. The number of amides is 1. The van der Waals surface area contributed by atoms with E-state index in [1.54, 1.807) is 6.92 Å². The lowest BCUT2D eigenvalue weighted by molar-refractivity contribution is -0.221. The summed E-state index contributed by atoms with van der Waals surface area (Å²) in [7, 11) is 0. The SMILES string of the molecule is CCN(CC(C)C)C(=O)C1(C(F)(F)F)CCNC1. The Morgan fingerprint density at radius 1 is 1.44 bits per heavy atom. The highest BCUT2D eigenvalue weighted by atomic mass is 19.4. The molecule has 1 aliphatic rings. The fraction of sp³-hybridized carbons (Fsp3) is 0.917. The average molecular weight is 266 g/mol. The molecule has 1 N–H and O–H groups in total. The number of carbonyl (C=O) groups excluding carboxylic acids is 1. The summed E-state index contributed by atoms with van der Waals surface area (Å²) in [5, 5.41) is 2.67. The van der Waals surface area contributed by atoms with Crippen molar-refractivity contribution in [3.8, 4) is 0 Å². The van der Waals surface area contributed by atoms with E-state index in [4.69, 9.17) is 0 Å². The molecule has 0 aromatic rings. The normalized spacial score (nSPS) is 24.6. The standard InChI is InChI=1S/C12H21F3N2O/c1-4-17(7-9(2)3)10(18)11(12(13,14)15)5-6-16-8-11/h9,16H,4-8H2,1-3H3. The molecule has 0 bridgehead atoms. The van der Waals surface area contributed by atoms with Crippen molar-refractivity contribution in [2.24, 2.45) is 11.3 Å². The van der Waals surface area contributed by atoms with Crippen molar-refractivity contribution in [2.45, 2.75) is 33.4 Å². The molecule has 0 aromatic carbocycles. The molecule has 0 aliphatic carbocycles. The first-order valence-corrected chi connectivity index (χ1v) is 6.31. The summed E-state index contributed by atoms with van der Waals surface area (Å²) in [6, 6.07) is 0. The molecule has 3 nitrogen and oxygen atoms in total. The van der Waals surface area contributed by atoms with Gasteiger partial charge in [-0.25, -0.2) is 0 Å². The van der Waals surface area contributed by atoms with Crippen LogP contribution in [0.5, 0.6) is 0 Å². The molecule has 1 fully saturated rings. The fourth-order valence-electron chi connectivity index (χ4n) is 2.34. The number of carbonyl (C=O) groups is 1. The van der Waals surface area contributed by atoms with Crippen molar-refractivity contribution >= 4 is 5.91 Å². The zero-order chi connectivity index (χ0) is 14.0. The Hall–Kier alpha value is -0.780. The first kappa shape index (κ1) is 15.3. The zero-order valence-electron chi connectivity index (χ0n) is 11.1. The molecule has 1 unspecified atom stereocenters. The average Bonchev–Trinajstić information content (AvgIpc) is 2.74. The van der Waals surface area contributed by atoms with Gasteiger partial charge in [-0.15, -0.1) is 0 Å². The Morgan fingerprint density at radius 2 is 2.06 bits per heavy atom. The molecule has 18 heavy (non-hydrogen) atoms. The van der Waals surface area contributed by atoms with Crippen LogP contribution in [0.3, 0.4) is 0 Å². The first-order valence-electron chi connectivity index (χ1n) is 6.31. The summed E-state index contributed by atoms with van der Waals surface area (Å²) in [5.41, 5.74) is -2.22. The summed E-state index contributed by atoms with van der Waals surface area (Å²) in [6.07, 6.45) is -4.65. The molecule has 1 heterocycles. The molecule has 0 radical (unpaired) electrons. The van der Waals surface area contributed by atoms with Gasteiger partial charge in [0.2, 0.25) is 5.91 Å². The number of nitrogens with one attached hydrogen (secondary N) is 1. The highest BCUT2D eigenvalue weighted by Gasteiger charge is 2.62. The number of hydrogen-bond acceptors (Lipinski definition) is 2. The van der Waals surface area contributed by atoms with Crippen molar-refractivity contribution < 1.29 is 18.0 Å². The van der Waals surface area contributed by atoms with Gasteiger partial charge in [0, 0.05) is 19.6 Å². The predicted molar refractivity (Wildman–Crippen MR) is 63.1 cm³/mol. The summed E-state index contributed by atoms with van der Waals surface area (Å²) >= 11 is 0. The van der Waals surface area contributed by atoms with Crippen LogP contribution in [-0.2, 0) is 4.79 Å². The van der Waals surface area contributed by atoms with Gasteiger partial charge in [0.15, 0.2) is 5.41 Å². The van der Waals surface area contributed by atoms with E-state index in [-0.39, 0.29) is 25.4 Å². The molecule has 6 heteroatoms. The number of halogens is 3. The van der Waals surface area contributed by atoms with Crippen molar-refractivity contribution in [1.82, 2.24) is 10.2 Å². The Morgan fingerprint density at radius 3 is 2.39 bits per heavy atom. The monoisotopic (exact) mass is 266 g/mol. The third-order valence-electron chi connectivity index (χ3n) is 3.36. The molecular weight excluding hydrogens is 245 g/mol.